The number of benzene rings is 2. The fraction of sp³-hybridized carbons (Fsp3) is 0.167. The Hall–Kier alpha value is -3.84. The molecule has 34 heavy (non-hydrogen) atoms. The van der Waals surface area contributed by atoms with Crippen LogP contribution >= 0.6 is 15.9 Å². The molecule has 3 aromatic heterocycles. The third kappa shape index (κ3) is 3.31. The molecular weight excluding hydrogens is 504 g/mol. The van der Waals surface area contributed by atoms with Crippen LogP contribution in [-0.2, 0) is 0 Å². The molecule has 0 aliphatic carbocycles. The quantitative estimate of drug-likeness (QED) is 0.338. The van der Waals surface area contributed by atoms with E-state index in [9.17, 15) is 14.0 Å². The molecule has 0 radical (unpaired) electrons. The average Bonchev–Trinajstić information content (AvgIpc) is 3.57. The molecule has 0 amide bonds. The van der Waals surface area contributed by atoms with Crippen LogP contribution in [0.15, 0.2) is 53.3 Å². The van der Waals surface area contributed by atoms with Crippen LogP contribution in [0.5, 0.6) is 0 Å². The number of nitrogens with one attached hydrogen (secondary N) is 1. The summed E-state index contributed by atoms with van der Waals surface area (Å²) in [5.74, 6) is 0.354. The van der Waals surface area contributed by atoms with Crippen LogP contribution in [0.3, 0.4) is 0 Å². The molecule has 7 nitrogen and oxygen atoms in total. The van der Waals surface area contributed by atoms with Crippen molar-refractivity contribution in [2.45, 2.75) is 18.9 Å². The lowest BCUT2D eigenvalue weighted by molar-refractivity contribution is 0.560. The molecule has 168 valence electrons. The van der Waals surface area contributed by atoms with E-state index in [4.69, 9.17) is 4.98 Å². The minimum absolute atomic E-state index is 0.301. The van der Waals surface area contributed by atoms with Crippen LogP contribution in [0.2, 0.25) is 0 Å². The number of nitriles is 1. The van der Waals surface area contributed by atoms with Gasteiger partial charge in [-0.2, -0.15) is 10.4 Å². The number of hydrogen-bond donors (Lipinski definition) is 1. The fourth-order valence-electron chi connectivity index (χ4n) is 4.56. The lowest BCUT2D eigenvalue weighted by atomic mass is 10.0. The highest BCUT2D eigenvalue weighted by Crippen LogP contribution is 2.37. The second-order valence-electron chi connectivity index (χ2n) is 8.18. The van der Waals surface area contributed by atoms with E-state index in [1.807, 2.05) is 17.0 Å². The van der Waals surface area contributed by atoms with Gasteiger partial charge in [-0.15, -0.1) is 0 Å². The molecule has 1 aliphatic rings. The van der Waals surface area contributed by atoms with Gasteiger partial charge in [0.25, 0.3) is 0 Å². The molecule has 2 aromatic carbocycles. The SMILES string of the molecule is N#Cc1cc2nc(-c3cnn4ccc(N5CCC[C@@H]5c5cc(F)ccc5F)nc34)[nH]c2cc1Br. The van der Waals surface area contributed by atoms with Crippen molar-refractivity contribution in [2.75, 3.05) is 11.4 Å². The number of rotatable bonds is 3. The minimum Gasteiger partial charge on any atom is -0.349 e. The zero-order chi connectivity index (χ0) is 23.4. The zero-order valence-corrected chi connectivity index (χ0v) is 19.2. The molecule has 0 bridgehead atoms. The van der Waals surface area contributed by atoms with E-state index < -0.39 is 11.6 Å². The summed E-state index contributed by atoms with van der Waals surface area (Å²) in [5, 5.41) is 13.7. The van der Waals surface area contributed by atoms with Gasteiger partial charge in [0.05, 0.1) is 34.4 Å². The predicted octanol–water partition coefficient (Wildman–Crippen LogP) is 5.53. The van der Waals surface area contributed by atoms with Crippen molar-refractivity contribution in [3.05, 3.63) is 76.0 Å². The second-order valence-corrected chi connectivity index (χ2v) is 9.03. The minimum atomic E-state index is -0.458. The molecular formula is C24H16BrF2N7. The van der Waals surface area contributed by atoms with Crippen LogP contribution in [0, 0.1) is 23.0 Å². The van der Waals surface area contributed by atoms with Crippen LogP contribution in [0.25, 0.3) is 28.1 Å². The van der Waals surface area contributed by atoms with Crippen molar-refractivity contribution in [2.24, 2.45) is 0 Å². The van der Waals surface area contributed by atoms with E-state index in [2.05, 4.69) is 37.1 Å². The first kappa shape index (κ1) is 20.7. The standard InChI is InChI=1S/C24H16BrF2N7/c25-17-10-20-19(8-13(17)11-28)30-23(31-20)16-12-29-34-7-5-22(32-24(16)34)33-6-1-2-21(33)15-9-14(26)3-4-18(15)27/h3-5,7-10,12,21H,1-2,6H2,(H,30,31)/t21-/m1/s1. The van der Waals surface area contributed by atoms with E-state index in [1.54, 1.807) is 23.0 Å². The number of anilines is 1. The number of nitrogens with zero attached hydrogens (tertiary/aromatic N) is 6. The van der Waals surface area contributed by atoms with Gasteiger partial charge in [0.1, 0.15) is 29.3 Å². The number of halogens is 3. The first-order valence-electron chi connectivity index (χ1n) is 10.7. The Kier molecular flexibility index (Phi) is 4.81. The maximum atomic E-state index is 14.5. The normalized spacial score (nSPS) is 15.9. The Morgan fingerprint density at radius 3 is 2.88 bits per heavy atom. The Labute approximate surface area is 200 Å². The van der Waals surface area contributed by atoms with Gasteiger partial charge in [-0.1, -0.05) is 0 Å². The summed E-state index contributed by atoms with van der Waals surface area (Å²) in [6.07, 6.45) is 5.03. The molecule has 6 rings (SSSR count). The highest BCUT2D eigenvalue weighted by atomic mass is 79.9. The number of imidazole rings is 1. The number of H-pyrrole nitrogens is 1. The Morgan fingerprint density at radius 1 is 1.15 bits per heavy atom. The first-order chi connectivity index (χ1) is 16.5. The van der Waals surface area contributed by atoms with Gasteiger partial charge >= 0.3 is 0 Å². The summed E-state index contributed by atoms with van der Waals surface area (Å²) in [6.45, 7) is 0.683. The van der Waals surface area contributed by atoms with E-state index in [1.165, 1.54) is 12.1 Å². The lowest BCUT2D eigenvalue weighted by Crippen LogP contribution is -2.24. The molecule has 0 spiro atoms. The molecule has 10 heteroatoms. The molecule has 4 heterocycles. The molecule has 5 aromatic rings. The van der Waals surface area contributed by atoms with Crippen molar-refractivity contribution >= 4 is 38.4 Å². The fourth-order valence-corrected chi connectivity index (χ4v) is 5.00. The molecule has 1 saturated heterocycles. The number of fused-ring (bicyclic) bond motifs is 2. The van der Waals surface area contributed by atoms with Crippen molar-refractivity contribution < 1.29 is 8.78 Å². The van der Waals surface area contributed by atoms with Crippen LogP contribution in [-0.4, -0.2) is 31.1 Å². The van der Waals surface area contributed by atoms with Crippen LogP contribution in [0.1, 0.15) is 30.0 Å². The molecule has 0 saturated carbocycles. The topological polar surface area (TPSA) is 85.9 Å². The average molecular weight is 520 g/mol. The van der Waals surface area contributed by atoms with E-state index in [0.717, 1.165) is 18.0 Å². The van der Waals surface area contributed by atoms with E-state index >= 15 is 0 Å². The second kappa shape index (κ2) is 7.88. The summed E-state index contributed by atoms with van der Waals surface area (Å²) in [6, 6.07) is 10.8. The van der Waals surface area contributed by atoms with Gasteiger partial charge in [0, 0.05) is 22.8 Å². The van der Waals surface area contributed by atoms with E-state index in [-0.39, 0.29) is 6.04 Å². The highest BCUT2D eigenvalue weighted by molar-refractivity contribution is 9.10. The molecule has 1 fully saturated rings. The maximum Gasteiger partial charge on any atom is 0.168 e. The Balaban J connectivity index is 1.43. The zero-order valence-electron chi connectivity index (χ0n) is 17.6. The van der Waals surface area contributed by atoms with Gasteiger partial charge in [-0.3, -0.25) is 0 Å². The highest BCUT2D eigenvalue weighted by Gasteiger charge is 2.30. The smallest absolute Gasteiger partial charge is 0.168 e. The Morgan fingerprint density at radius 2 is 2.03 bits per heavy atom. The van der Waals surface area contributed by atoms with Crippen molar-refractivity contribution in [1.29, 1.82) is 5.26 Å². The lowest BCUT2D eigenvalue weighted by Gasteiger charge is -2.26. The van der Waals surface area contributed by atoms with Crippen molar-refractivity contribution in [3.8, 4) is 17.5 Å². The summed E-state index contributed by atoms with van der Waals surface area (Å²) in [5.41, 5.74) is 3.55. The Bertz CT molecular complexity index is 1620. The van der Waals surface area contributed by atoms with Crippen molar-refractivity contribution in [3.63, 3.8) is 0 Å². The molecule has 1 aliphatic heterocycles. The number of aromatic nitrogens is 5. The number of aromatic amines is 1. The summed E-state index contributed by atoms with van der Waals surface area (Å²) in [4.78, 5) is 14.7. The van der Waals surface area contributed by atoms with Gasteiger partial charge < -0.3 is 9.88 Å². The number of hydrogen-bond acceptors (Lipinski definition) is 5. The first-order valence-corrected chi connectivity index (χ1v) is 11.5. The predicted molar refractivity (Wildman–Crippen MR) is 126 cm³/mol. The maximum absolute atomic E-state index is 14.5. The summed E-state index contributed by atoms with van der Waals surface area (Å²) >= 11 is 3.40. The monoisotopic (exact) mass is 519 g/mol. The van der Waals surface area contributed by atoms with Gasteiger partial charge in [-0.25, -0.2) is 23.3 Å². The van der Waals surface area contributed by atoms with Crippen molar-refractivity contribution in [1.82, 2.24) is 24.6 Å². The third-order valence-electron chi connectivity index (χ3n) is 6.16. The summed E-state index contributed by atoms with van der Waals surface area (Å²) in [7, 11) is 0. The van der Waals surface area contributed by atoms with Gasteiger partial charge in [-0.05, 0) is 65.2 Å². The molecule has 0 unspecified atom stereocenters. The van der Waals surface area contributed by atoms with Crippen LogP contribution in [0.4, 0.5) is 14.6 Å². The van der Waals surface area contributed by atoms with E-state index in [0.29, 0.717) is 56.9 Å². The van der Waals surface area contributed by atoms with Crippen LogP contribution < -0.4 is 4.90 Å². The molecule has 1 N–H and O–H groups in total. The van der Waals surface area contributed by atoms with Gasteiger partial charge in [0.2, 0.25) is 0 Å². The van der Waals surface area contributed by atoms with Gasteiger partial charge in [0.15, 0.2) is 5.65 Å². The largest absolute Gasteiger partial charge is 0.349 e. The molecule has 1 atom stereocenters. The third-order valence-corrected chi connectivity index (χ3v) is 6.82. The summed E-state index contributed by atoms with van der Waals surface area (Å²) < 4.78 is 30.7.